The molecule has 0 unspecified atom stereocenters. The summed E-state index contributed by atoms with van der Waals surface area (Å²) < 4.78 is 26.3. The van der Waals surface area contributed by atoms with Crippen LogP contribution in [0.2, 0.25) is 0 Å². The maximum atomic E-state index is 12.0. The first-order chi connectivity index (χ1) is 11.0. The van der Waals surface area contributed by atoms with Gasteiger partial charge in [-0.15, -0.1) is 5.10 Å². The van der Waals surface area contributed by atoms with Crippen LogP contribution in [-0.4, -0.2) is 27.3 Å². The zero-order valence-corrected chi connectivity index (χ0v) is 14.0. The van der Waals surface area contributed by atoms with Crippen LogP contribution in [0, 0.1) is 0 Å². The van der Waals surface area contributed by atoms with Crippen molar-refractivity contribution in [2.45, 2.75) is 43.0 Å². The van der Waals surface area contributed by atoms with Crippen molar-refractivity contribution in [3.8, 4) is 0 Å². The van der Waals surface area contributed by atoms with Gasteiger partial charge >= 0.3 is 0 Å². The lowest BCUT2D eigenvalue weighted by molar-refractivity contribution is 0.462. The number of benzene rings is 1. The van der Waals surface area contributed by atoms with Gasteiger partial charge in [-0.05, 0) is 38.1 Å². The van der Waals surface area contributed by atoms with E-state index in [9.17, 15) is 8.42 Å². The van der Waals surface area contributed by atoms with E-state index in [1.165, 1.54) is 32.4 Å². The summed E-state index contributed by atoms with van der Waals surface area (Å²) in [7, 11) is -2.20. The highest BCUT2D eigenvalue weighted by atomic mass is 32.2. The van der Waals surface area contributed by atoms with E-state index in [0.29, 0.717) is 11.6 Å². The van der Waals surface area contributed by atoms with Crippen LogP contribution in [0.3, 0.4) is 0 Å². The first-order valence-corrected chi connectivity index (χ1v) is 9.09. The highest BCUT2D eigenvalue weighted by molar-refractivity contribution is 7.89. The van der Waals surface area contributed by atoms with Gasteiger partial charge in [0, 0.05) is 17.3 Å². The monoisotopic (exact) mass is 340 g/mol. The number of hydrazone groups is 1. The minimum absolute atomic E-state index is 0.124. The molecule has 128 valence electrons. The number of sulfonamides is 1. The van der Waals surface area contributed by atoms with Gasteiger partial charge in [0.15, 0.2) is 5.84 Å². The predicted molar refractivity (Wildman–Crippen MR) is 91.2 cm³/mol. The average molecular weight is 340 g/mol. The van der Waals surface area contributed by atoms with E-state index in [4.69, 9.17) is 11.6 Å². The number of hydrogen-bond acceptors (Lipinski definition) is 6. The van der Waals surface area contributed by atoms with Crippen molar-refractivity contribution in [2.75, 3.05) is 12.4 Å². The average Bonchev–Trinajstić information content (AvgIpc) is 2.56. The zero-order valence-electron chi connectivity index (χ0n) is 13.2. The van der Waals surface area contributed by atoms with Crippen molar-refractivity contribution in [3.63, 3.8) is 0 Å². The van der Waals surface area contributed by atoms with Gasteiger partial charge in [-0.1, -0.05) is 19.3 Å². The van der Waals surface area contributed by atoms with Crippen molar-refractivity contribution < 1.29 is 8.42 Å². The summed E-state index contributed by atoms with van der Waals surface area (Å²) in [6.07, 6.45) is 5.80. The summed E-state index contributed by atoms with van der Waals surface area (Å²) in [5.41, 5.74) is 9.31. The van der Waals surface area contributed by atoms with Crippen molar-refractivity contribution in [1.29, 1.82) is 0 Å². The van der Waals surface area contributed by atoms with Crippen LogP contribution >= 0.6 is 0 Å². The number of nitrogens with one attached hydrogen (secondary N) is 3. The van der Waals surface area contributed by atoms with Crippen molar-refractivity contribution in [3.05, 3.63) is 23.8 Å². The largest absolute Gasteiger partial charge is 0.382 e. The molecule has 1 aliphatic carbocycles. The van der Waals surface area contributed by atoms with Crippen LogP contribution in [-0.2, 0) is 10.0 Å². The van der Waals surface area contributed by atoms with Gasteiger partial charge in [-0.25, -0.2) is 24.5 Å². The second-order valence-electron chi connectivity index (χ2n) is 5.52. The summed E-state index contributed by atoms with van der Waals surface area (Å²) in [4.78, 5) is 0.124. The second kappa shape index (κ2) is 7.62. The van der Waals surface area contributed by atoms with Gasteiger partial charge in [0.25, 0.3) is 0 Å². The Morgan fingerprint density at radius 3 is 2.57 bits per heavy atom. The SMILES string of the molecule is CNS(=O)(=O)c1ccc(NC2CCCCC2)c(/C(N)=N/NN)c1. The highest BCUT2D eigenvalue weighted by Crippen LogP contribution is 2.25. The van der Waals surface area contributed by atoms with Crippen LogP contribution in [0.25, 0.3) is 0 Å². The van der Waals surface area contributed by atoms with Crippen molar-refractivity contribution in [2.24, 2.45) is 16.7 Å². The van der Waals surface area contributed by atoms with Gasteiger partial charge in [-0.3, -0.25) is 0 Å². The van der Waals surface area contributed by atoms with Gasteiger partial charge < -0.3 is 11.1 Å². The number of rotatable bonds is 6. The predicted octanol–water partition coefficient (Wildman–Crippen LogP) is 0.423. The van der Waals surface area contributed by atoms with Gasteiger partial charge in [-0.2, -0.15) is 0 Å². The Kier molecular flexibility index (Phi) is 5.80. The molecule has 8 nitrogen and oxygen atoms in total. The van der Waals surface area contributed by atoms with Gasteiger partial charge in [0.2, 0.25) is 10.0 Å². The maximum Gasteiger partial charge on any atom is 0.240 e. The lowest BCUT2D eigenvalue weighted by atomic mass is 9.95. The Morgan fingerprint density at radius 2 is 1.96 bits per heavy atom. The zero-order chi connectivity index (χ0) is 16.9. The van der Waals surface area contributed by atoms with Crippen molar-refractivity contribution in [1.82, 2.24) is 10.3 Å². The molecular formula is C14H24N6O2S. The Morgan fingerprint density at radius 1 is 1.26 bits per heavy atom. The summed E-state index contributed by atoms with van der Waals surface area (Å²) in [5.74, 6) is 5.31. The van der Waals surface area contributed by atoms with Gasteiger partial charge in [0.1, 0.15) is 0 Å². The van der Waals surface area contributed by atoms with Crippen LogP contribution in [0.15, 0.2) is 28.2 Å². The maximum absolute atomic E-state index is 12.0. The Labute approximate surface area is 136 Å². The number of hydrazine groups is 1. The van der Waals surface area contributed by atoms with Crippen molar-refractivity contribution >= 4 is 21.5 Å². The molecule has 0 aromatic heterocycles. The summed E-state index contributed by atoms with van der Waals surface area (Å²) in [5, 5.41) is 7.21. The number of anilines is 1. The minimum atomic E-state index is -3.56. The molecule has 1 aromatic rings. The normalized spacial score (nSPS) is 17.0. The molecule has 9 heteroatoms. The second-order valence-corrected chi connectivity index (χ2v) is 7.41. The van der Waals surface area contributed by atoms with Crippen LogP contribution < -0.4 is 27.2 Å². The molecule has 0 saturated heterocycles. The lowest BCUT2D eigenvalue weighted by Crippen LogP contribution is -2.27. The number of nitrogens with two attached hydrogens (primary N) is 2. The fourth-order valence-electron chi connectivity index (χ4n) is 2.74. The molecule has 1 aromatic carbocycles. The molecule has 1 aliphatic rings. The Balaban J connectivity index is 2.38. The summed E-state index contributed by atoms with van der Waals surface area (Å²) in [6, 6.07) is 5.11. The van der Waals surface area contributed by atoms with Crippen LogP contribution in [0.4, 0.5) is 5.69 Å². The molecule has 0 atom stereocenters. The lowest BCUT2D eigenvalue weighted by Gasteiger charge is -2.25. The van der Waals surface area contributed by atoms with Gasteiger partial charge in [0.05, 0.1) is 4.90 Å². The van der Waals surface area contributed by atoms with E-state index >= 15 is 0 Å². The van der Waals surface area contributed by atoms with E-state index in [0.717, 1.165) is 18.5 Å². The molecule has 0 radical (unpaired) electrons. The fraction of sp³-hybridized carbons (Fsp3) is 0.500. The van der Waals surface area contributed by atoms with E-state index in [1.54, 1.807) is 12.1 Å². The molecule has 0 aliphatic heterocycles. The smallest absolute Gasteiger partial charge is 0.240 e. The quantitative estimate of drug-likeness (QED) is 0.220. The third kappa shape index (κ3) is 4.34. The molecule has 0 spiro atoms. The molecule has 1 fully saturated rings. The topological polar surface area (TPSA) is 135 Å². The van der Waals surface area contributed by atoms with E-state index < -0.39 is 10.0 Å². The van der Waals surface area contributed by atoms with E-state index in [2.05, 4.69) is 20.7 Å². The molecule has 0 heterocycles. The van der Waals surface area contributed by atoms with Crippen LogP contribution in [0.5, 0.6) is 0 Å². The summed E-state index contributed by atoms with van der Waals surface area (Å²) in [6.45, 7) is 0. The molecule has 2 rings (SSSR count). The molecule has 1 saturated carbocycles. The Hall–Kier alpha value is -1.84. The van der Waals surface area contributed by atoms with E-state index in [1.807, 2.05) is 0 Å². The van der Waals surface area contributed by atoms with Crippen LogP contribution in [0.1, 0.15) is 37.7 Å². The minimum Gasteiger partial charge on any atom is -0.382 e. The fourth-order valence-corrected chi connectivity index (χ4v) is 3.50. The number of amidine groups is 1. The third-order valence-electron chi connectivity index (χ3n) is 4.00. The molecule has 0 amide bonds. The number of hydrogen-bond donors (Lipinski definition) is 5. The third-order valence-corrected chi connectivity index (χ3v) is 5.41. The summed E-state index contributed by atoms with van der Waals surface area (Å²) >= 11 is 0. The number of nitrogens with zero attached hydrogens (tertiary/aromatic N) is 1. The standard InChI is InChI=1S/C14H24N6O2S/c1-17-23(21,22)11-7-8-13(12(9-11)14(15)19-20-16)18-10-5-3-2-4-6-10/h7-10,17-18,20H,2-6,16H2,1H3,(H2,15,19). The van der Waals surface area contributed by atoms with E-state index in [-0.39, 0.29) is 10.7 Å². The Bertz CT molecular complexity index is 668. The first-order valence-electron chi connectivity index (χ1n) is 7.61. The first kappa shape index (κ1) is 17.5. The molecule has 23 heavy (non-hydrogen) atoms. The highest BCUT2D eigenvalue weighted by Gasteiger charge is 2.19. The molecule has 7 N–H and O–H groups in total. The molecule has 0 bridgehead atoms. The molecular weight excluding hydrogens is 316 g/mol.